The van der Waals surface area contributed by atoms with Crippen molar-refractivity contribution in [2.75, 3.05) is 11.4 Å². The van der Waals surface area contributed by atoms with E-state index in [2.05, 4.69) is 39.7 Å². The number of fused-ring (bicyclic) bond motifs is 1. The molecule has 2 aromatic heterocycles. The van der Waals surface area contributed by atoms with E-state index in [9.17, 15) is 4.79 Å². The average Bonchev–Trinajstić information content (AvgIpc) is 2.95. The van der Waals surface area contributed by atoms with Crippen LogP contribution in [0.1, 0.15) is 24.2 Å². The number of anilines is 1. The van der Waals surface area contributed by atoms with Gasteiger partial charge >= 0.3 is 0 Å². The van der Waals surface area contributed by atoms with Gasteiger partial charge in [0.05, 0.1) is 15.8 Å². The number of rotatable bonds is 4. The van der Waals surface area contributed by atoms with Crippen LogP contribution in [0.3, 0.4) is 0 Å². The van der Waals surface area contributed by atoms with E-state index in [4.69, 9.17) is 0 Å². The first-order chi connectivity index (χ1) is 11.0. The molecule has 0 spiro atoms. The molecule has 0 bridgehead atoms. The number of para-hydroxylation sites is 1. The van der Waals surface area contributed by atoms with Gasteiger partial charge in [-0.25, -0.2) is 4.98 Å². The molecule has 0 N–H and O–H groups in total. The summed E-state index contributed by atoms with van der Waals surface area (Å²) in [6.07, 6.45) is 3.26. The van der Waals surface area contributed by atoms with Crippen molar-refractivity contribution in [3.05, 3.63) is 52.8 Å². The highest BCUT2D eigenvalue weighted by molar-refractivity contribution is 9.10. The molecule has 0 aliphatic heterocycles. The third-order valence-electron chi connectivity index (χ3n) is 3.26. The summed E-state index contributed by atoms with van der Waals surface area (Å²) >= 11 is 4.90. The molecule has 2 heterocycles. The Morgan fingerprint density at radius 1 is 1.30 bits per heavy atom. The molecule has 0 atom stereocenters. The van der Waals surface area contributed by atoms with Crippen LogP contribution in [-0.4, -0.2) is 22.4 Å². The van der Waals surface area contributed by atoms with Gasteiger partial charge < -0.3 is 0 Å². The van der Waals surface area contributed by atoms with Gasteiger partial charge in [0.2, 0.25) is 0 Å². The summed E-state index contributed by atoms with van der Waals surface area (Å²) in [4.78, 5) is 23.4. The number of pyridine rings is 1. The SMILES string of the molecule is CC(C)CN(C(=O)c1cncc(Br)c1)c1nc2ccccc2s1. The molecule has 0 saturated carbocycles. The molecule has 1 amide bonds. The quantitative estimate of drug-likeness (QED) is 0.646. The number of carbonyl (C=O) groups is 1. The Balaban J connectivity index is 2.01. The van der Waals surface area contributed by atoms with Crippen molar-refractivity contribution in [3.63, 3.8) is 0 Å². The van der Waals surface area contributed by atoms with Gasteiger partial charge in [0.25, 0.3) is 5.91 Å². The summed E-state index contributed by atoms with van der Waals surface area (Å²) in [5.41, 5.74) is 1.47. The van der Waals surface area contributed by atoms with E-state index in [1.54, 1.807) is 23.4 Å². The second-order valence-corrected chi connectivity index (χ2v) is 7.59. The number of aromatic nitrogens is 2. The van der Waals surface area contributed by atoms with Gasteiger partial charge in [-0.1, -0.05) is 37.3 Å². The first-order valence-electron chi connectivity index (χ1n) is 7.32. The Morgan fingerprint density at radius 2 is 2.09 bits per heavy atom. The predicted octanol–water partition coefficient (Wildman–Crippen LogP) is 4.76. The Bertz CT molecular complexity index is 813. The van der Waals surface area contributed by atoms with E-state index in [0.717, 1.165) is 19.8 Å². The highest BCUT2D eigenvalue weighted by Gasteiger charge is 2.22. The van der Waals surface area contributed by atoms with Crippen LogP contribution in [0.4, 0.5) is 5.13 Å². The zero-order chi connectivity index (χ0) is 16.4. The Hall–Kier alpha value is -1.79. The van der Waals surface area contributed by atoms with E-state index in [1.807, 2.05) is 24.3 Å². The number of thiazole rings is 1. The van der Waals surface area contributed by atoms with Gasteiger partial charge in [-0.2, -0.15) is 0 Å². The van der Waals surface area contributed by atoms with Crippen LogP contribution in [0.5, 0.6) is 0 Å². The predicted molar refractivity (Wildman–Crippen MR) is 98.1 cm³/mol. The second kappa shape index (κ2) is 6.76. The van der Waals surface area contributed by atoms with Crippen molar-refractivity contribution in [1.29, 1.82) is 0 Å². The molecule has 3 rings (SSSR count). The summed E-state index contributed by atoms with van der Waals surface area (Å²) < 4.78 is 1.87. The topological polar surface area (TPSA) is 46.1 Å². The smallest absolute Gasteiger partial charge is 0.261 e. The summed E-state index contributed by atoms with van der Waals surface area (Å²) in [7, 11) is 0. The molecular weight excluding hydrogens is 374 g/mol. The molecule has 0 aliphatic rings. The number of carbonyl (C=O) groups excluding carboxylic acids is 1. The normalized spacial score (nSPS) is 11.1. The number of nitrogens with zero attached hydrogens (tertiary/aromatic N) is 3. The highest BCUT2D eigenvalue weighted by atomic mass is 79.9. The molecule has 0 aliphatic carbocycles. The van der Waals surface area contributed by atoms with Crippen molar-refractivity contribution >= 4 is 48.5 Å². The molecule has 1 aromatic carbocycles. The van der Waals surface area contributed by atoms with E-state index in [0.29, 0.717) is 18.0 Å². The van der Waals surface area contributed by atoms with Crippen LogP contribution < -0.4 is 4.90 Å². The number of hydrogen-bond donors (Lipinski definition) is 0. The summed E-state index contributed by atoms with van der Waals surface area (Å²) in [6, 6.07) is 9.72. The lowest BCUT2D eigenvalue weighted by Crippen LogP contribution is -2.34. The standard InChI is InChI=1S/C17H16BrN3OS/c1-11(2)10-21(16(22)12-7-13(18)9-19-8-12)17-20-14-5-3-4-6-15(14)23-17/h3-9,11H,10H2,1-2H3. The van der Waals surface area contributed by atoms with Crippen molar-refractivity contribution in [1.82, 2.24) is 9.97 Å². The fourth-order valence-electron chi connectivity index (χ4n) is 2.27. The molecule has 0 unspecified atom stereocenters. The molecule has 23 heavy (non-hydrogen) atoms. The third kappa shape index (κ3) is 3.59. The summed E-state index contributed by atoms with van der Waals surface area (Å²) in [5, 5.41) is 0.727. The van der Waals surface area contributed by atoms with Crippen molar-refractivity contribution in [2.45, 2.75) is 13.8 Å². The molecular formula is C17H16BrN3OS. The zero-order valence-electron chi connectivity index (χ0n) is 12.9. The number of benzene rings is 1. The van der Waals surface area contributed by atoms with Gasteiger partial charge in [0.1, 0.15) is 0 Å². The van der Waals surface area contributed by atoms with Gasteiger partial charge in [-0.3, -0.25) is 14.7 Å². The zero-order valence-corrected chi connectivity index (χ0v) is 15.3. The van der Waals surface area contributed by atoms with E-state index in [1.165, 1.54) is 11.3 Å². The van der Waals surface area contributed by atoms with Gasteiger partial charge in [-0.15, -0.1) is 0 Å². The lowest BCUT2D eigenvalue weighted by Gasteiger charge is -2.21. The Kier molecular flexibility index (Phi) is 4.73. The summed E-state index contributed by atoms with van der Waals surface area (Å²) in [6.45, 7) is 4.80. The Labute approximate surface area is 147 Å². The molecule has 0 saturated heterocycles. The fourth-order valence-corrected chi connectivity index (χ4v) is 3.61. The van der Waals surface area contributed by atoms with Crippen LogP contribution in [-0.2, 0) is 0 Å². The Morgan fingerprint density at radius 3 is 2.78 bits per heavy atom. The van der Waals surface area contributed by atoms with E-state index in [-0.39, 0.29) is 5.91 Å². The van der Waals surface area contributed by atoms with Crippen molar-refractivity contribution < 1.29 is 4.79 Å². The van der Waals surface area contributed by atoms with Crippen LogP contribution in [0, 0.1) is 5.92 Å². The number of amides is 1. The molecule has 0 fully saturated rings. The molecule has 0 radical (unpaired) electrons. The van der Waals surface area contributed by atoms with Crippen LogP contribution in [0.15, 0.2) is 47.2 Å². The largest absolute Gasteiger partial charge is 0.284 e. The number of hydrogen-bond acceptors (Lipinski definition) is 4. The molecule has 118 valence electrons. The van der Waals surface area contributed by atoms with Gasteiger partial charge in [0, 0.05) is 23.4 Å². The number of halogens is 1. The maximum absolute atomic E-state index is 12.9. The first-order valence-corrected chi connectivity index (χ1v) is 8.93. The highest BCUT2D eigenvalue weighted by Crippen LogP contribution is 2.30. The minimum Gasteiger partial charge on any atom is -0.284 e. The molecule has 6 heteroatoms. The van der Waals surface area contributed by atoms with Crippen LogP contribution >= 0.6 is 27.3 Å². The van der Waals surface area contributed by atoms with Gasteiger partial charge in [0.15, 0.2) is 5.13 Å². The lowest BCUT2D eigenvalue weighted by molar-refractivity contribution is 0.0983. The lowest BCUT2D eigenvalue weighted by atomic mass is 10.2. The maximum Gasteiger partial charge on any atom is 0.261 e. The minimum atomic E-state index is -0.0773. The fraction of sp³-hybridized carbons (Fsp3) is 0.235. The van der Waals surface area contributed by atoms with Crippen molar-refractivity contribution in [3.8, 4) is 0 Å². The van der Waals surface area contributed by atoms with E-state index >= 15 is 0 Å². The monoisotopic (exact) mass is 389 g/mol. The van der Waals surface area contributed by atoms with Crippen LogP contribution in [0.2, 0.25) is 0 Å². The van der Waals surface area contributed by atoms with E-state index < -0.39 is 0 Å². The average molecular weight is 390 g/mol. The first kappa shape index (κ1) is 16.1. The summed E-state index contributed by atoms with van der Waals surface area (Å²) in [5.74, 6) is 0.262. The second-order valence-electron chi connectivity index (χ2n) is 5.67. The molecule has 4 nitrogen and oxygen atoms in total. The molecule has 3 aromatic rings. The van der Waals surface area contributed by atoms with Crippen molar-refractivity contribution in [2.24, 2.45) is 5.92 Å². The third-order valence-corrected chi connectivity index (χ3v) is 4.75. The van der Waals surface area contributed by atoms with Crippen LogP contribution in [0.25, 0.3) is 10.2 Å². The maximum atomic E-state index is 12.9. The van der Waals surface area contributed by atoms with Gasteiger partial charge in [-0.05, 0) is 40.0 Å². The minimum absolute atomic E-state index is 0.0773.